The molecule has 0 radical (unpaired) electrons. The van der Waals surface area contributed by atoms with Crippen molar-refractivity contribution in [3.8, 4) is 6.07 Å². The molecule has 1 aliphatic carbocycles. The highest BCUT2D eigenvalue weighted by Crippen LogP contribution is 2.28. The van der Waals surface area contributed by atoms with Gasteiger partial charge in [0.2, 0.25) is 15.9 Å². The van der Waals surface area contributed by atoms with Gasteiger partial charge in [-0.25, -0.2) is 8.42 Å². The highest BCUT2D eigenvalue weighted by atomic mass is 32.2. The summed E-state index contributed by atoms with van der Waals surface area (Å²) in [7, 11) is -3.78. The quantitative estimate of drug-likeness (QED) is 0.725. The average molecular weight is 426 g/mol. The third-order valence-corrected chi connectivity index (χ3v) is 7.34. The van der Waals surface area contributed by atoms with E-state index in [0.717, 1.165) is 43.2 Å². The predicted octanol–water partition coefficient (Wildman–Crippen LogP) is 4.02. The summed E-state index contributed by atoms with van der Waals surface area (Å²) in [4.78, 5) is 13.0. The number of benzene rings is 2. The first-order valence-corrected chi connectivity index (χ1v) is 11.7. The lowest BCUT2D eigenvalue weighted by atomic mass is 9.95. The highest BCUT2D eigenvalue weighted by Gasteiger charge is 2.33. The summed E-state index contributed by atoms with van der Waals surface area (Å²) in [5, 5.41) is 11.5. The standard InChI is InChI=1S/C23H27N3O3S/c1-18-7-13-22(14-8-18)30(28,29)26(21-5-3-2-4-6-21)17-23(27)25-20-11-9-19(10-12-20)15-16-24/h7-14,21H,2-6,15,17H2,1H3,(H,25,27). The number of nitrogens with zero attached hydrogens (tertiary/aromatic N) is 2. The minimum atomic E-state index is -3.78. The lowest BCUT2D eigenvalue weighted by Crippen LogP contribution is -2.45. The van der Waals surface area contributed by atoms with Crippen LogP contribution >= 0.6 is 0 Å². The van der Waals surface area contributed by atoms with E-state index in [1.165, 1.54) is 4.31 Å². The number of anilines is 1. The first-order valence-electron chi connectivity index (χ1n) is 10.2. The van der Waals surface area contributed by atoms with Crippen molar-refractivity contribution in [2.24, 2.45) is 0 Å². The second-order valence-corrected chi connectivity index (χ2v) is 9.63. The Hall–Kier alpha value is -2.69. The average Bonchev–Trinajstić information content (AvgIpc) is 2.74. The van der Waals surface area contributed by atoms with Crippen molar-refractivity contribution in [3.63, 3.8) is 0 Å². The Bertz CT molecular complexity index is 1000. The van der Waals surface area contributed by atoms with Crippen molar-refractivity contribution in [1.82, 2.24) is 4.31 Å². The summed E-state index contributed by atoms with van der Waals surface area (Å²) < 4.78 is 28.1. The number of aryl methyl sites for hydroxylation is 1. The van der Waals surface area contributed by atoms with Gasteiger partial charge in [-0.05, 0) is 49.6 Å². The molecule has 1 fully saturated rings. The molecule has 0 bridgehead atoms. The molecular weight excluding hydrogens is 398 g/mol. The molecule has 30 heavy (non-hydrogen) atoms. The van der Waals surface area contributed by atoms with Crippen LogP contribution in [0.25, 0.3) is 0 Å². The number of nitriles is 1. The minimum Gasteiger partial charge on any atom is -0.325 e. The van der Waals surface area contributed by atoms with Crippen LogP contribution in [0.3, 0.4) is 0 Å². The fraction of sp³-hybridized carbons (Fsp3) is 0.391. The monoisotopic (exact) mass is 425 g/mol. The summed E-state index contributed by atoms with van der Waals surface area (Å²) in [5.74, 6) is -0.371. The molecule has 3 rings (SSSR count). The number of sulfonamides is 1. The van der Waals surface area contributed by atoms with Crippen LogP contribution < -0.4 is 5.32 Å². The molecular formula is C23H27N3O3S. The lowest BCUT2D eigenvalue weighted by Gasteiger charge is -2.33. The molecule has 1 N–H and O–H groups in total. The van der Waals surface area contributed by atoms with Gasteiger partial charge in [0.25, 0.3) is 0 Å². The maximum Gasteiger partial charge on any atom is 0.243 e. The lowest BCUT2D eigenvalue weighted by molar-refractivity contribution is -0.116. The number of carbonyl (C=O) groups excluding carboxylic acids is 1. The summed E-state index contributed by atoms with van der Waals surface area (Å²) in [6.45, 7) is 1.69. The van der Waals surface area contributed by atoms with Gasteiger partial charge in [-0.3, -0.25) is 4.79 Å². The van der Waals surface area contributed by atoms with Crippen LogP contribution in [0.15, 0.2) is 53.4 Å². The van der Waals surface area contributed by atoms with Gasteiger partial charge in [-0.1, -0.05) is 49.1 Å². The van der Waals surface area contributed by atoms with Crippen molar-refractivity contribution < 1.29 is 13.2 Å². The zero-order valence-corrected chi connectivity index (χ0v) is 18.0. The maximum absolute atomic E-state index is 13.4. The van der Waals surface area contributed by atoms with Gasteiger partial charge in [-0.15, -0.1) is 0 Å². The van der Waals surface area contributed by atoms with Crippen LogP contribution in [0.5, 0.6) is 0 Å². The second-order valence-electron chi connectivity index (χ2n) is 7.74. The Morgan fingerprint density at radius 2 is 1.70 bits per heavy atom. The molecule has 0 aliphatic heterocycles. The van der Waals surface area contributed by atoms with Crippen LogP contribution in [0.4, 0.5) is 5.69 Å². The normalized spacial score (nSPS) is 15.0. The molecule has 0 unspecified atom stereocenters. The van der Waals surface area contributed by atoms with E-state index >= 15 is 0 Å². The summed E-state index contributed by atoms with van der Waals surface area (Å²) in [6, 6.07) is 15.7. The van der Waals surface area contributed by atoms with Gasteiger partial charge in [0.1, 0.15) is 0 Å². The molecule has 1 saturated carbocycles. The van der Waals surface area contributed by atoms with Crippen molar-refractivity contribution in [2.75, 3.05) is 11.9 Å². The number of carbonyl (C=O) groups is 1. The molecule has 7 heteroatoms. The maximum atomic E-state index is 13.4. The van der Waals surface area contributed by atoms with E-state index in [0.29, 0.717) is 12.1 Å². The largest absolute Gasteiger partial charge is 0.325 e. The van der Waals surface area contributed by atoms with Crippen molar-refractivity contribution in [2.45, 2.75) is 56.4 Å². The Morgan fingerprint density at radius 3 is 2.30 bits per heavy atom. The third kappa shape index (κ3) is 5.47. The first-order chi connectivity index (χ1) is 14.4. The van der Waals surface area contributed by atoms with Crippen LogP contribution in [0.2, 0.25) is 0 Å². The van der Waals surface area contributed by atoms with E-state index in [-0.39, 0.29) is 23.4 Å². The van der Waals surface area contributed by atoms with Crippen LogP contribution in [-0.2, 0) is 21.2 Å². The Kier molecular flexibility index (Phi) is 7.24. The molecule has 0 atom stereocenters. The first kappa shape index (κ1) is 22.0. The molecule has 2 aromatic carbocycles. The zero-order chi connectivity index (χ0) is 21.6. The van der Waals surface area contributed by atoms with Gasteiger partial charge in [0, 0.05) is 11.7 Å². The third-order valence-electron chi connectivity index (χ3n) is 5.43. The van der Waals surface area contributed by atoms with Crippen molar-refractivity contribution in [1.29, 1.82) is 5.26 Å². The van der Waals surface area contributed by atoms with E-state index in [4.69, 9.17) is 5.26 Å². The van der Waals surface area contributed by atoms with Gasteiger partial charge in [-0.2, -0.15) is 9.57 Å². The van der Waals surface area contributed by atoms with E-state index < -0.39 is 10.0 Å². The van der Waals surface area contributed by atoms with Crippen LogP contribution in [-0.4, -0.2) is 31.2 Å². The predicted molar refractivity (Wildman–Crippen MR) is 116 cm³/mol. The second kappa shape index (κ2) is 9.88. The summed E-state index contributed by atoms with van der Waals surface area (Å²) >= 11 is 0. The molecule has 2 aromatic rings. The highest BCUT2D eigenvalue weighted by molar-refractivity contribution is 7.89. The molecule has 0 heterocycles. The smallest absolute Gasteiger partial charge is 0.243 e. The van der Waals surface area contributed by atoms with Gasteiger partial charge >= 0.3 is 0 Å². The number of amides is 1. The molecule has 158 valence electrons. The molecule has 1 amide bonds. The Balaban J connectivity index is 1.79. The number of hydrogen-bond acceptors (Lipinski definition) is 4. The van der Waals surface area contributed by atoms with E-state index in [1.807, 2.05) is 6.92 Å². The summed E-state index contributed by atoms with van der Waals surface area (Å²) in [6.07, 6.45) is 4.86. The Labute approximate surface area is 178 Å². The van der Waals surface area contributed by atoms with Crippen molar-refractivity contribution in [3.05, 3.63) is 59.7 Å². The fourth-order valence-corrected chi connectivity index (χ4v) is 5.41. The van der Waals surface area contributed by atoms with E-state index in [9.17, 15) is 13.2 Å². The number of hydrogen-bond donors (Lipinski definition) is 1. The molecule has 0 saturated heterocycles. The molecule has 6 nitrogen and oxygen atoms in total. The van der Waals surface area contributed by atoms with Crippen LogP contribution in [0, 0.1) is 18.3 Å². The topological polar surface area (TPSA) is 90.3 Å². The molecule has 1 aliphatic rings. The molecule has 0 spiro atoms. The summed E-state index contributed by atoms with van der Waals surface area (Å²) in [5.41, 5.74) is 2.43. The van der Waals surface area contributed by atoms with Gasteiger partial charge in [0.05, 0.1) is 23.9 Å². The van der Waals surface area contributed by atoms with Crippen LogP contribution in [0.1, 0.15) is 43.2 Å². The number of nitrogens with one attached hydrogen (secondary N) is 1. The van der Waals surface area contributed by atoms with E-state index in [1.54, 1.807) is 48.5 Å². The van der Waals surface area contributed by atoms with E-state index in [2.05, 4.69) is 11.4 Å². The van der Waals surface area contributed by atoms with Gasteiger partial charge < -0.3 is 5.32 Å². The number of rotatable bonds is 7. The van der Waals surface area contributed by atoms with Crippen molar-refractivity contribution >= 4 is 21.6 Å². The SMILES string of the molecule is Cc1ccc(S(=O)(=O)N(CC(=O)Nc2ccc(CC#N)cc2)C2CCCCC2)cc1. The zero-order valence-electron chi connectivity index (χ0n) is 17.2. The van der Waals surface area contributed by atoms with Gasteiger partial charge in [0.15, 0.2) is 0 Å². The minimum absolute atomic E-state index is 0.172. The Morgan fingerprint density at radius 1 is 1.07 bits per heavy atom. The fourth-order valence-electron chi connectivity index (χ4n) is 3.76. The molecule has 0 aromatic heterocycles.